The lowest BCUT2D eigenvalue weighted by Crippen LogP contribution is -2.59. The van der Waals surface area contributed by atoms with Gasteiger partial charge in [0.1, 0.15) is 18.7 Å². The number of allylic oxidation sites excluding steroid dienone is 4. The van der Waals surface area contributed by atoms with Gasteiger partial charge in [-0.15, -0.1) is 0 Å². The van der Waals surface area contributed by atoms with E-state index >= 15 is 0 Å². The summed E-state index contributed by atoms with van der Waals surface area (Å²) in [6, 6.07) is 5.50. The predicted molar refractivity (Wildman–Crippen MR) is 147 cm³/mol. The highest BCUT2D eigenvalue weighted by atomic mass is 16.5. The van der Waals surface area contributed by atoms with E-state index in [2.05, 4.69) is 37.7 Å². The van der Waals surface area contributed by atoms with Gasteiger partial charge in [-0.2, -0.15) is 0 Å². The number of aliphatic hydroxyl groups is 1. The maximum atomic E-state index is 14.1. The Morgan fingerprint density at radius 1 is 1.21 bits per heavy atom. The summed E-state index contributed by atoms with van der Waals surface area (Å²) in [5.41, 5.74) is 0.514. The van der Waals surface area contributed by atoms with E-state index in [1.54, 1.807) is 19.3 Å². The third-order valence-corrected chi connectivity index (χ3v) is 11.4. The number of hydrogen-bond acceptors (Lipinski definition) is 7. The average molecular weight is 531 g/mol. The lowest BCUT2D eigenvalue weighted by Gasteiger charge is -2.60. The molecule has 206 valence electrons. The summed E-state index contributed by atoms with van der Waals surface area (Å²) in [5.74, 6) is 1.96. The van der Waals surface area contributed by atoms with Crippen molar-refractivity contribution in [2.45, 2.75) is 59.5 Å². The summed E-state index contributed by atoms with van der Waals surface area (Å²) < 4.78 is 11.4. The van der Waals surface area contributed by atoms with Gasteiger partial charge in [0.05, 0.1) is 24.1 Å². The Hall–Kier alpha value is -3.06. The third-order valence-electron chi connectivity index (χ3n) is 11.4. The molecule has 8 atom stereocenters. The average Bonchev–Trinajstić information content (AvgIpc) is 3.12. The van der Waals surface area contributed by atoms with Crippen molar-refractivity contribution >= 4 is 22.5 Å². The molecule has 0 bridgehead atoms. The summed E-state index contributed by atoms with van der Waals surface area (Å²) in [7, 11) is 1.61. The zero-order valence-corrected chi connectivity index (χ0v) is 23.4. The number of ketones is 2. The minimum Gasteiger partial charge on any atom is -0.497 e. The predicted octanol–water partition coefficient (Wildman–Crippen LogP) is 5.12. The van der Waals surface area contributed by atoms with Crippen molar-refractivity contribution in [3.63, 3.8) is 0 Å². The molecular weight excluding hydrogens is 492 g/mol. The lowest BCUT2D eigenvalue weighted by atomic mass is 9.44. The summed E-state index contributed by atoms with van der Waals surface area (Å²) >= 11 is 0. The van der Waals surface area contributed by atoms with Crippen LogP contribution in [0.4, 0.5) is 0 Å². The van der Waals surface area contributed by atoms with Crippen LogP contribution in [0.15, 0.2) is 48.3 Å². The minimum absolute atomic E-state index is 0.0410. The van der Waals surface area contributed by atoms with Crippen LogP contribution in [0.2, 0.25) is 0 Å². The van der Waals surface area contributed by atoms with E-state index in [4.69, 9.17) is 9.47 Å². The molecule has 7 nitrogen and oxygen atoms in total. The Labute approximate surface area is 229 Å². The second-order valence-electron chi connectivity index (χ2n) is 12.8. The smallest absolute Gasteiger partial charge is 0.224 e. The first kappa shape index (κ1) is 26.2. The number of ether oxygens (including phenoxy) is 2. The first-order valence-electron chi connectivity index (χ1n) is 14.1. The van der Waals surface area contributed by atoms with Gasteiger partial charge < -0.3 is 14.6 Å². The van der Waals surface area contributed by atoms with Crippen molar-refractivity contribution in [2.24, 2.45) is 39.9 Å². The fraction of sp³-hybridized carbons (Fsp3) is 0.562. The van der Waals surface area contributed by atoms with E-state index in [-0.39, 0.29) is 46.8 Å². The van der Waals surface area contributed by atoms with Crippen molar-refractivity contribution in [2.75, 3.05) is 13.7 Å². The maximum Gasteiger partial charge on any atom is 0.224 e. The molecule has 1 aromatic heterocycles. The summed E-state index contributed by atoms with van der Waals surface area (Å²) in [5, 5.41) is 12.5. The molecule has 1 aromatic carbocycles. The van der Waals surface area contributed by atoms with Crippen molar-refractivity contribution < 1.29 is 24.2 Å². The number of aromatic nitrogens is 2. The molecule has 0 aliphatic heterocycles. The first-order valence-corrected chi connectivity index (χ1v) is 14.1. The molecule has 0 amide bonds. The van der Waals surface area contributed by atoms with Crippen molar-refractivity contribution in [3.05, 3.63) is 48.3 Å². The van der Waals surface area contributed by atoms with Crippen molar-refractivity contribution in [1.82, 2.24) is 9.97 Å². The highest BCUT2D eigenvalue weighted by molar-refractivity contribution is 6.01. The number of Topliss-reactive ketones (excluding diaryl/α,β-unsaturated/α-hetero) is 1. The molecule has 39 heavy (non-hydrogen) atoms. The molecule has 4 aliphatic carbocycles. The first-order chi connectivity index (χ1) is 18.5. The quantitative estimate of drug-likeness (QED) is 0.573. The Balaban J connectivity index is 1.28. The number of nitrogens with zero attached hydrogens (tertiary/aromatic N) is 2. The minimum atomic E-state index is -0.648. The second kappa shape index (κ2) is 8.98. The number of aliphatic hydroxyl groups excluding tert-OH is 1. The zero-order valence-electron chi connectivity index (χ0n) is 23.4. The lowest BCUT2D eigenvalue weighted by molar-refractivity contribution is -0.157. The van der Waals surface area contributed by atoms with Crippen LogP contribution in [-0.4, -0.2) is 46.5 Å². The second-order valence-corrected chi connectivity index (χ2v) is 12.8. The number of carbonyl (C=O) groups is 2. The Morgan fingerprint density at radius 2 is 2.00 bits per heavy atom. The maximum absolute atomic E-state index is 14.1. The van der Waals surface area contributed by atoms with Gasteiger partial charge in [0.15, 0.2) is 11.6 Å². The highest BCUT2D eigenvalue weighted by Crippen LogP contribution is 2.71. The van der Waals surface area contributed by atoms with Gasteiger partial charge in [0, 0.05) is 22.8 Å². The molecule has 3 saturated carbocycles. The van der Waals surface area contributed by atoms with E-state index in [0.29, 0.717) is 29.5 Å². The van der Waals surface area contributed by atoms with Crippen LogP contribution in [0.5, 0.6) is 11.6 Å². The summed E-state index contributed by atoms with van der Waals surface area (Å²) in [6.07, 6.45) is 9.68. The molecule has 3 fully saturated rings. The van der Waals surface area contributed by atoms with Gasteiger partial charge in [-0.25, -0.2) is 9.97 Å². The van der Waals surface area contributed by atoms with Crippen LogP contribution in [0.25, 0.3) is 10.9 Å². The van der Waals surface area contributed by atoms with Crippen LogP contribution in [0.3, 0.4) is 0 Å². The van der Waals surface area contributed by atoms with Crippen LogP contribution >= 0.6 is 0 Å². The fourth-order valence-corrected chi connectivity index (χ4v) is 9.02. The summed E-state index contributed by atoms with van der Waals surface area (Å²) in [4.78, 5) is 34.9. The summed E-state index contributed by atoms with van der Waals surface area (Å²) in [6.45, 7) is 8.60. The van der Waals surface area contributed by atoms with Crippen molar-refractivity contribution in [3.8, 4) is 11.6 Å². The molecule has 2 aromatic rings. The topological polar surface area (TPSA) is 98.6 Å². The molecule has 4 aliphatic rings. The Morgan fingerprint density at radius 3 is 2.77 bits per heavy atom. The molecule has 7 heteroatoms. The normalized spacial score (nSPS) is 39.0. The number of fused-ring (bicyclic) bond motifs is 6. The number of rotatable bonds is 5. The third kappa shape index (κ3) is 3.65. The number of methoxy groups -OCH3 is 1. The van der Waals surface area contributed by atoms with Crippen LogP contribution in [0, 0.1) is 39.9 Å². The molecule has 1 heterocycles. The van der Waals surface area contributed by atoms with Gasteiger partial charge >= 0.3 is 0 Å². The van der Waals surface area contributed by atoms with Crippen molar-refractivity contribution in [1.29, 1.82) is 0 Å². The van der Waals surface area contributed by atoms with Gasteiger partial charge in [0.2, 0.25) is 5.88 Å². The molecule has 0 spiro atoms. The van der Waals surface area contributed by atoms with E-state index in [9.17, 15) is 14.7 Å². The van der Waals surface area contributed by atoms with Gasteiger partial charge in [0.25, 0.3) is 0 Å². The number of benzene rings is 1. The van der Waals surface area contributed by atoms with E-state index in [0.717, 1.165) is 30.2 Å². The van der Waals surface area contributed by atoms with Crippen LogP contribution in [0.1, 0.15) is 53.4 Å². The van der Waals surface area contributed by atoms with E-state index < -0.39 is 11.5 Å². The van der Waals surface area contributed by atoms with Crippen LogP contribution in [-0.2, 0) is 9.59 Å². The number of carbonyl (C=O) groups excluding carboxylic acids is 2. The molecule has 6 unspecified atom stereocenters. The van der Waals surface area contributed by atoms with Gasteiger partial charge in [-0.1, -0.05) is 39.3 Å². The van der Waals surface area contributed by atoms with E-state index in [1.807, 2.05) is 24.3 Å². The zero-order chi connectivity index (χ0) is 27.7. The molecule has 0 radical (unpaired) electrons. The number of hydrogen-bond donors (Lipinski definition) is 1. The highest BCUT2D eigenvalue weighted by Gasteiger charge is 2.68. The van der Waals surface area contributed by atoms with Crippen LogP contribution < -0.4 is 9.47 Å². The standard InChI is InChI=1S/C32H38N2O5/c1-18-12-24-22-8-6-19-13-20(35)10-11-30(19,2)28(22)26(36)15-31(24,3)32(18,4)27(37)16-39-29-23-9-7-21(38-5)14-25(23)33-17-34-29/h7,9-11,13-14,17-18,22,24,26,28,36H,6,8,12,15-16H2,1-5H3/t18-,22?,24?,26?,28?,30?,31?,32-/m1/s1. The molecular formula is C32H38N2O5. The monoisotopic (exact) mass is 530 g/mol. The van der Waals surface area contributed by atoms with Gasteiger partial charge in [-0.05, 0) is 73.1 Å². The Kier molecular flexibility index (Phi) is 6.03. The Bertz CT molecular complexity index is 1420. The van der Waals surface area contributed by atoms with Gasteiger partial charge in [-0.3, -0.25) is 9.59 Å². The largest absolute Gasteiger partial charge is 0.497 e. The van der Waals surface area contributed by atoms with E-state index in [1.165, 1.54) is 6.33 Å². The molecule has 6 rings (SSSR count). The molecule has 0 saturated heterocycles. The fourth-order valence-electron chi connectivity index (χ4n) is 9.02. The SMILES string of the molecule is COc1ccc2c(OCC(=O)[C@@]3(C)[C@H](C)CC4C5CCC6=CC(=O)C=CC6(C)C5C(O)CC43C)ncnc2c1. The molecule has 1 N–H and O–H groups in total.